The van der Waals surface area contributed by atoms with Crippen LogP contribution in [-0.2, 0) is 6.54 Å². The van der Waals surface area contributed by atoms with E-state index >= 15 is 0 Å². The molecule has 0 aromatic heterocycles. The molecule has 0 fully saturated rings. The van der Waals surface area contributed by atoms with Crippen LogP contribution in [0, 0.1) is 12.7 Å². The molecule has 88 valence electrons. The van der Waals surface area contributed by atoms with Crippen molar-refractivity contribution < 1.29 is 4.39 Å². The molecule has 17 heavy (non-hydrogen) atoms. The molecule has 2 aromatic carbocycles. The summed E-state index contributed by atoms with van der Waals surface area (Å²) in [6.07, 6.45) is 0. The molecular formula is C14H15FN2. The van der Waals surface area contributed by atoms with Crippen LogP contribution in [0.15, 0.2) is 42.5 Å². The fourth-order valence-electron chi connectivity index (χ4n) is 1.71. The molecule has 0 atom stereocenters. The van der Waals surface area contributed by atoms with Crippen molar-refractivity contribution in [2.45, 2.75) is 13.5 Å². The number of rotatable bonds is 3. The second kappa shape index (κ2) is 4.97. The van der Waals surface area contributed by atoms with Crippen LogP contribution in [0.25, 0.3) is 0 Å². The van der Waals surface area contributed by atoms with Gasteiger partial charge in [0.2, 0.25) is 0 Å². The minimum absolute atomic E-state index is 0.263. The summed E-state index contributed by atoms with van der Waals surface area (Å²) in [5.74, 6) is -0.263. The third kappa shape index (κ3) is 2.63. The Morgan fingerprint density at radius 1 is 1.12 bits per heavy atom. The van der Waals surface area contributed by atoms with Crippen molar-refractivity contribution in [3.05, 3.63) is 59.4 Å². The van der Waals surface area contributed by atoms with Crippen molar-refractivity contribution in [3.63, 3.8) is 0 Å². The van der Waals surface area contributed by atoms with Crippen LogP contribution in [0.1, 0.15) is 11.1 Å². The number of para-hydroxylation sites is 1. The summed E-state index contributed by atoms with van der Waals surface area (Å²) in [4.78, 5) is 0. The first kappa shape index (κ1) is 11.6. The van der Waals surface area contributed by atoms with Crippen LogP contribution < -0.4 is 11.1 Å². The lowest BCUT2D eigenvalue weighted by atomic mass is 10.1. The molecule has 0 heterocycles. The molecule has 0 saturated carbocycles. The number of hydrogen-bond acceptors (Lipinski definition) is 2. The van der Waals surface area contributed by atoms with E-state index in [1.54, 1.807) is 6.07 Å². The van der Waals surface area contributed by atoms with Gasteiger partial charge in [-0.15, -0.1) is 0 Å². The summed E-state index contributed by atoms with van der Waals surface area (Å²) < 4.78 is 13.1. The van der Waals surface area contributed by atoms with Gasteiger partial charge in [0.25, 0.3) is 0 Å². The summed E-state index contributed by atoms with van der Waals surface area (Å²) in [7, 11) is 0. The Morgan fingerprint density at radius 2 is 1.88 bits per heavy atom. The topological polar surface area (TPSA) is 38.0 Å². The minimum atomic E-state index is -0.263. The number of nitrogens with two attached hydrogens (primary N) is 1. The summed E-state index contributed by atoms with van der Waals surface area (Å²) >= 11 is 0. The normalized spacial score (nSPS) is 10.3. The monoisotopic (exact) mass is 230 g/mol. The first-order valence-corrected chi connectivity index (χ1v) is 5.52. The number of nitrogens with one attached hydrogen (secondary N) is 1. The zero-order chi connectivity index (χ0) is 12.3. The second-order valence-electron chi connectivity index (χ2n) is 3.95. The van der Waals surface area contributed by atoms with Gasteiger partial charge >= 0.3 is 0 Å². The highest BCUT2D eigenvalue weighted by atomic mass is 19.1. The van der Waals surface area contributed by atoms with Crippen molar-refractivity contribution in [1.29, 1.82) is 0 Å². The van der Waals surface area contributed by atoms with E-state index in [9.17, 15) is 4.39 Å². The molecule has 0 unspecified atom stereocenters. The van der Waals surface area contributed by atoms with Gasteiger partial charge in [-0.25, -0.2) is 4.39 Å². The Balaban J connectivity index is 2.33. The van der Waals surface area contributed by atoms with Gasteiger partial charge in [-0.05, 0) is 42.3 Å². The lowest BCUT2D eigenvalue weighted by molar-refractivity contribution is 0.626. The quantitative estimate of drug-likeness (QED) is 0.848. The van der Waals surface area contributed by atoms with Crippen LogP contribution >= 0.6 is 0 Å². The Hall–Kier alpha value is -1.87. The van der Waals surface area contributed by atoms with Gasteiger partial charge in [0, 0.05) is 17.9 Å². The zero-order valence-electron chi connectivity index (χ0n) is 9.70. The van der Waals surface area contributed by atoms with E-state index in [0.717, 1.165) is 22.5 Å². The molecule has 3 heteroatoms. The summed E-state index contributed by atoms with van der Waals surface area (Å²) in [6, 6.07) is 12.5. The first-order valence-electron chi connectivity index (χ1n) is 5.52. The van der Waals surface area contributed by atoms with Gasteiger partial charge in [0.05, 0.1) is 0 Å². The Morgan fingerprint density at radius 3 is 2.59 bits per heavy atom. The largest absolute Gasteiger partial charge is 0.355 e. The van der Waals surface area contributed by atoms with E-state index in [1.165, 1.54) is 12.1 Å². The molecule has 0 aliphatic heterocycles. The molecule has 2 rings (SSSR count). The smallest absolute Gasteiger partial charge is 0.123 e. The lowest BCUT2D eigenvalue weighted by Gasteiger charge is -2.12. The highest BCUT2D eigenvalue weighted by molar-refractivity contribution is 5.65. The van der Waals surface area contributed by atoms with Gasteiger partial charge in [-0.2, -0.15) is 0 Å². The summed E-state index contributed by atoms with van der Waals surface area (Å²) in [5.41, 5.74) is 9.37. The first-order chi connectivity index (χ1) is 8.20. The van der Waals surface area contributed by atoms with E-state index in [1.807, 2.05) is 31.2 Å². The summed E-state index contributed by atoms with van der Waals surface area (Å²) in [5, 5.41) is 3.27. The molecule has 0 spiro atoms. The molecule has 0 saturated heterocycles. The maximum atomic E-state index is 13.1. The van der Waals surface area contributed by atoms with E-state index in [4.69, 9.17) is 5.73 Å². The van der Waals surface area contributed by atoms with Gasteiger partial charge in [-0.3, -0.25) is 0 Å². The van der Waals surface area contributed by atoms with E-state index in [0.29, 0.717) is 6.54 Å². The molecular weight excluding hydrogens is 215 g/mol. The number of aryl methyl sites for hydroxylation is 1. The Labute approximate surface area is 100 Å². The predicted octanol–water partition coefficient (Wildman–Crippen LogP) is 3.34. The third-order valence-electron chi connectivity index (χ3n) is 2.70. The van der Waals surface area contributed by atoms with Crippen LogP contribution in [0.5, 0.6) is 0 Å². The predicted molar refractivity (Wildman–Crippen MR) is 68.8 cm³/mol. The van der Waals surface area contributed by atoms with Gasteiger partial charge in [0.1, 0.15) is 5.82 Å². The molecule has 0 radical (unpaired) electrons. The van der Waals surface area contributed by atoms with Gasteiger partial charge in [-0.1, -0.05) is 18.2 Å². The van der Waals surface area contributed by atoms with Crippen molar-refractivity contribution in [3.8, 4) is 0 Å². The van der Waals surface area contributed by atoms with Crippen molar-refractivity contribution in [2.75, 3.05) is 5.32 Å². The fraction of sp³-hybridized carbons (Fsp3) is 0.143. The molecule has 0 aliphatic carbocycles. The molecule has 0 aliphatic rings. The second-order valence-corrected chi connectivity index (χ2v) is 3.95. The minimum Gasteiger partial charge on any atom is -0.355 e. The number of hydrogen-bond donors (Lipinski definition) is 2. The number of anilines is 2. The highest BCUT2D eigenvalue weighted by Crippen LogP contribution is 2.23. The van der Waals surface area contributed by atoms with Crippen LogP contribution in [-0.4, -0.2) is 0 Å². The average molecular weight is 230 g/mol. The average Bonchev–Trinajstić information content (AvgIpc) is 2.34. The number of halogens is 1. The highest BCUT2D eigenvalue weighted by Gasteiger charge is 2.04. The number of benzene rings is 2. The van der Waals surface area contributed by atoms with Gasteiger partial charge < -0.3 is 11.1 Å². The van der Waals surface area contributed by atoms with Crippen molar-refractivity contribution in [2.24, 2.45) is 5.73 Å². The van der Waals surface area contributed by atoms with E-state index in [2.05, 4.69) is 5.32 Å². The SMILES string of the molecule is Cc1ccccc1Nc1ccc(F)cc1CN. The Kier molecular flexibility index (Phi) is 3.40. The van der Waals surface area contributed by atoms with E-state index in [-0.39, 0.29) is 5.82 Å². The molecule has 2 nitrogen and oxygen atoms in total. The lowest BCUT2D eigenvalue weighted by Crippen LogP contribution is -2.03. The van der Waals surface area contributed by atoms with Crippen LogP contribution in [0.4, 0.5) is 15.8 Å². The van der Waals surface area contributed by atoms with Gasteiger partial charge in [0.15, 0.2) is 0 Å². The zero-order valence-corrected chi connectivity index (χ0v) is 9.70. The maximum Gasteiger partial charge on any atom is 0.123 e. The van der Waals surface area contributed by atoms with Crippen LogP contribution in [0.2, 0.25) is 0 Å². The molecule has 2 aromatic rings. The maximum absolute atomic E-state index is 13.1. The fourth-order valence-corrected chi connectivity index (χ4v) is 1.71. The van der Waals surface area contributed by atoms with Crippen LogP contribution in [0.3, 0.4) is 0 Å². The summed E-state index contributed by atoms with van der Waals surface area (Å²) in [6.45, 7) is 2.33. The van der Waals surface area contributed by atoms with Crippen molar-refractivity contribution >= 4 is 11.4 Å². The van der Waals surface area contributed by atoms with Crippen molar-refractivity contribution in [1.82, 2.24) is 0 Å². The molecule has 0 bridgehead atoms. The Bertz CT molecular complexity index is 523. The molecule has 3 N–H and O–H groups in total. The van der Waals surface area contributed by atoms with E-state index < -0.39 is 0 Å². The third-order valence-corrected chi connectivity index (χ3v) is 2.70. The standard InChI is InChI=1S/C14H15FN2/c1-10-4-2-3-5-13(10)17-14-7-6-12(15)8-11(14)9-16/h2-8,17H,9,16H2,1H3. The molecule has 0 amide bonds.